The van der Waals surface area contributed by atoms with Crippen LogP contribution in [0, 0.1) is 0 Å². The van der Waals surface area contributed by atoms with Gasteiger partial charge in [-0.1, -0.05) is 29.3 Å². The summed E-state index contributed by atoms with van der Waals surface area (Å²) < 4.78 is 5.38. The van der Waals surface area contributed by atoms with Crippen molar-refractivity contribution in [3.05, 3.63) is 0 Å². The number of halogens is 1. The van der Waals surface area contributed by atoms with E-state index < -0.39 is 0 Å². The summed E-state index contributed by atoms with van der Waals surface area (Å²) in [5.74, 6) is 0. The van der Waals surface area contributed by atoms with Crippen molar-refractivity contribution in [3.63, 3.8) is 0 Å². The lowest BCUT2D eigenvalue weighted by Crippen LogP contribution is -2.08. The second kappa shape index (κ2) is 6.56. The minimum absolute atomic E-state index is 0.438. The van der Waals surface area contributed by atoms with Gasteiger partial charge in [-0.25, -0.2) is 0 Å². The monoisotopic (exact) mass is 194 g/mol. The maximum absolute atomic E-state index is 5.38. The van der Waals surface area contributed by atoms with Crippen molar-refractivity contribution < 1.29 is 4.74 Å². The average Bonchev–Trinajstić information content (AvgIpc) is 1.85. The third-order valence-electron chi connectivity index (χ3n) is 1.17. The Kier molecular flexibility index (Phi) is 6.88. The molecule has 0 aliphatic rings. The summed E-state index contributed by atoms with van der Waals surface area (Å²) in [5.41, 5.74) is 0. The number of rotatable bonds is 5. The van der Waals surface area contributed by atoms with Gasteiger partial charge in [0.25, 0.3) is 0 Å². The van der Waals surface area contributed by atoms with E-state index in [2.05, 4.69) is 29.8 Å². The molecule has 0 fully saturated rings. The Bertz CT molecular complexity index is 56.9. The quantitative estimate of drug-likeness (QED) is 0.612. The molecule has 0 saturated carbocycles. The standard InChI is InChI=1S/C7H15BrO/c1-3-4-7(2)9-6-5-8/h7H,3-6H2,1-2H3. The van der Waals surface area contributed by atoms with Crippen molar-refractivity contribution in [2.75, 3.05) is 11.9 Å². The van der Waals surface area contributed by atoms with Gasteiger partial charge >= 0.3 is 0 Å². The minimum atomic E-state index is 0.438. The first-order valence-electron chi connectivity index (χ1n) is 3.48. The van der Waals surface area contributed by atoms with Crippen molar-refractivity contribution in [2.24, 2.45) is 0 Å². The SMILES string of the molecule is CCCC(C)OCCBr. The molecule has 0 aliphatic carbocycles. The van der Waals surface area contributed by atoms with Crippen LogP contribution in [0.25, 0.3) is 0 Å². The third kappa shape index (κ3) is 6.32. The van der Waals surface area contributed by atoms with Gasteiger partial charge in [0.05, 0.1) is 12.7 Å². The Labute approximate surface area is 65.9 Å². The molecule has 1 unspecified atom stereocenters. The molecule has 9 heavy (non-hydrogen) atoms. The van der Waals surface area contributed by atoms with Crippen molar-refractivity contribution in [2.45, 2.75) is 32.8 Å². The van der Waals surface area contributed by atoms with Crippen molar-refractivity contribution in [3.8, 4) is 0 Å². The number of hydrogen-bond acceptors (Lipinski definition) is 1. The fraction of sp³-hybridized carbons (Fsp3) is 1.00. The summed E-state index contributed by atoms with van der Waals surface area (Å²) >= 11 is 3.30. The zero-order valence-electron chi connectivity index (χ0n) is 6.19. The molecule has 0 saturated heterocycles. The van der Waals surface area contributed by atoms with Gasteiger partial charge in [0.2, 0.25) is 0 Å². The molecule has 0 heterocycles. The molecule has 0 radical (unpaired) electrons. The van der Waals surface area contributed by atoms with Gasteiger partial charge in [0, 0.05) is 5.33 Å². The van der Waals surface area contributed by atoms with Crippen LogP contribution in [0.4, 0.5) is 0 Å². The largest absolute Gasteiger partial charge is 0.378 e. The summed E-state index contributed by atoms with van der Waals surface area (Å²) in [4.78, 5) is 0. The van der Waals surface area contributed by atoms with E-state index in [-0.39, 0.29) is 0 Å². The molecule has 0 aromatic rings. The Morgan fingerprint density at radius 1 is 1.56 bits per heavy atom. The molecule has 0 rings (SSSR count). The predicted molar refractivity (Wildman–Crippen MR) is 44.1 cm³/mol. The van der Waals surface area contributed by atoms with Gasteiger partial charge in [0.1, 0.15) is 0 Å². The topological polar surface area (TPSA) is 9.23 Å². The van der Waals surface area contributed by atoms with Crippen LogP contribution in [-0.4, -0.2) is 18.0 Å². The Morgan fingerprint density at radius 3 is 2.67 bits per heavy atom. The summed E-state index contributed by atoms with van der Waals surface area (Å²) in [7, 11) is 0. The Balaban J connectivity index is 2.95. The zero-order valence-corrected chi connectivity index (χ0v) is 7.78. The second-order valence-electron chi connectivity index (χ2n) is 2.16. The summed E-state index contributed by atoms with van der Waals surface area (Å²) in [6.07, 6.45) is 2.82. The molecule has 0 spiro atoms. The number of ether oxygens (including phenoxy) is 1. The normalized spacial score (nSPS) is 13.7. The van der Waals surface area contributed by atoms with Crippen LogP contribution in [0.2, 0.25) is 0 Å². The van der Waals surface area contributed by atoms with E-state index >= 15 is 0 Å². The smallest absolute Gasteiger partial charge is 0.0566 e. The highest BCUT2D eigenvalue weighted by atomic mass is 79.9. The molecule has 0 aromatic carbocycles. The van der Waals surface area contributed by atoms with E-state index in [0.717, 1.165) is 11.9 Å². The van der Waals surface area contributed by atoms with Crippen molar-refractivity contribution >= 4 is 15.9 Å². The van der Waals surface area contributed by atoms with Crippen LogP contribution < -0.4 is 0 Å². The van der Waals surface area contributed by atoms with Gasteiger partial charge in [-0.15, -0.1) is 0 Å². The molecule has 0 amide bonds. The van der Waals surface area contributed by atoms with E-state index in [9.17, 15) is 0 Å². The maximum Gasteiger partial charge on any atom is 0.0566 e. The molecule has 0 bridgehead atoms. The molecular weight excluding hydrogens is 180 g/mol. The van der Waals surface area contributed by atoms with Crippen molar-refractivity contribution in [1.29, 1.82) is 0 Å². The lowest BCUT2D eigenvalue weighted by atomic mass is 10.2. The van der Waals surface area contributed by atoms with Gasteiger partial charge in [-0.2, -0.15) is 0 Å². The van der Waals surface area contributed by atoms with Crippen LogP contribution in [-0.2, 0) is 4.74 Å². The average molecular weight is 195 g/mol. The van der Waals surface area contributed by atoms with Gasteiger partial charge in [0.15, 0.2) is 0 Å². The molecule has 2 heteroatoms. The van der Waals surface area contributed by atoms with E-state index in [1.165, 1.54) is 12.8 Å². The predicted octanol–water partition coefficient (Wildman–Crippen LogP) is 2.59. The Hall–Kier alpha value is 0.440. The Morgan fingerprint density at radius 2 is 2.22 bits per heavy atom. The number of hydrogen-bond donors (Lipinski definition) is 0. The number of alkyl halides is 1. The molecule has 56 valence electrons. The van der Waals surface area contributed by atoms with Crippen LogP contribution in [0.3, 0.4) is 0 Å². The lowest BCUT2D eigenvalue weighted by molar-refractivity contribution is 0.0723. The molecular formula is C7H15BrO. The third-order valence-corrected chi connectivity index (χ3v) is 1.50. The molecule has 0 aromatic heterocycles. The highest BCUT2D eigenvalue weighted by molar-refractivity contribution is 9.09. The van der Waals surface area contributed by atoms with E-state index in [1.54, 1.807) is 0 Å². The molecule has 1 atom stereocenters. The van der Waals surface area contributed by atoms with E-state index in [1.807, 2.05) is 0 Å². The second-order valence-corrected chi connectivity index (χ2v) is 2.95. The zero-order chi connectivity index (χ0) is 7.11. The van der Waals surface area contributed by atoms with Gasteiger partial charge < -0.3 is 4.74 Å². The highest BCUT2D eigenvalue weighted by Crippen LogP contribution is 2.00. The molecule has 0 aliphatic heterocycles. The fourth-order valence-electron chi connectivity index (χ4n) is 0.736. The van der Waals surface area contributed by atoms with Gasteiger partial charge in [-0.3, -0.25) is 0 Å². The minimum Gasteiger partial charge on any atom is -0.378 e. The van der Waals surface area contributed by atoms with Crippen LogP contribution in [0.15, 0.2) is 0 Å². The first-order valence-corrected chi connectivity index (χ1v) is 4.61. The summed E-state index contributed by atoms with van der Waals surface area (Å²) in [6, 6.07) is 0. The van der Waals surface area contributed by atoms with E-state index in [4.69, 9.17) is 4.74 Å². The lowest BCUT2D eigenvalue weighted by Gasteiger charge is -2.09. The van der Waals surface area contributed by atoms with Crippen molar-refractivity contribution in [1.82, 2.24) is 0 Å². The molecule has 0 N–H and O–H groups in total. The first kappa shape index (κ1) is 9.44. The van der Waals surface area contributed by atoms with Gasteiger partial charge in [-0.05, 0) is 13.3 Å². The highest BCUT2D eigenvalue weighted by Gasteiger charge is 1.97. The fourth-order valence-corrected chi connectivity index (χ4v) is 0.922. The summed E-state index contributed by atoms with van der Waals surface area (Å²) in [6.45, 7) is 5.13. The van der Waals surface area contributed by atoms with Crippen LogP contribution in [0.5, 0.6) is 0 Å². The van der Waals surface area contributed by atoms with Crippen LogP contribution in [0.1, 0.15) is 26.7 Å². The first-order chi connectivity index (χ1) is 4.31. The molecule has 1 nitrogen and oxygen atoms in total. The van der Waals surface area contributed by atoms with E-state index in [0.29, 0.717) is 6.10 Å². The summed E-state index contributed by atoms with van der Waals surface area (Å²) in [5, 5.41) is 0.945. The van der Waals surface area contributed by atoms with Crippen LogP contribution >= 0.6 is 15.9 Å². The maximum atomic E-state index is 5.38.